The Morgan fingerprint density at radius 2 is 2.26 bits per heavy atom. The SMILES string of the molecule is F[B-]1(F)n2cccc2C(c2ncco2)=C2C=CC=[N+]21. The van der Waals surface area contributed by atoms with Gasteiger partial charge in [-0.3, -0.25) is 0 Å². The fraction of sp³-hybridized carbons (Fsp3) is 0. The Bertz CT molecular complexity index is 756. The minimum Gasteiger partial charge on any atom is -0.444 e. The molecule has 0 aromatic carbocycles. The van der Waals surface area contributed by atoms with E-state index < -0.39 is 6.97 Å². The van der Waals surface area contributed by atoms with Crippen LogP contribution in [0.1, 0.15) is 11.6 Å². The minimum atomic E-state index is -3.85. The summed E-state index contributed by atoms with van der Waals surface area (Å²) in [5.41, 5.74) is 1.41. The molecule has 2 aromatic rings. The van der Waals surface area contributed by atoms with Crippen molar-refractivity contribution in [1.29, 1.82) is 0 Å². The van der Waals surface area contributed by atoms with Gasteiger partial charge in [-0.1, -0.05) is 0 Å². The first-order valence-corrected chi connectivity index (χ1v) is 5.83. The van der Waals surface area contributed by atoms with Crippen LogP contribution in [0.25, 0.3) is 5.57 Å². The van der Waals surface area contributed by atoms with Crippen LogP contribution in [0, 0.1) is 0 Å². The molecule has 94 valence electrons. The van der Waals surface area contributed by atoms with Gasteiger partial charge >= 0.3 is 6.97 Å². The number of rotatable bonds is 1. The highest BCUT2D eigenvalue weighted by Crippen LogP contribution is 2.37. The van der Waals surface area contributed by atoms with Gasteiger partial charge in [0, 0.05) is 17.8 Å². The number of hydrogen-bond acceptors (Lipinski definition) is 2. The number of fused-ring (bicyclic) bond motifs is 2. The first kappa shape index (κ1) is 10.5. The van der Waals surface area contributed by atoms with Crippen LogP contribution in [-0.2, 0) is 0 Å². The second-order valence-corrected chi connectivity index (χ2v) is 4.40. The monoisotopic (exact) mass is 259 g/mol. The van der Waals surface area contributed by atoms with Crippen molar-refractivity contribution in [2.24, 2.45) is 0 Å². The highest BCUT2D eigenvalue weighted by Gasteiger charge is 2.52. The Morgan fingerprint density at radius 1 is 1.37 bits per heavy atom. The fourth-order valence-corrected chi connectivity index (χ4v) is 2.58. The highest BCUT2D eigenvalue weighted by molar-refractivity contribution is 6.57. The van der Waals surface area contributed by atoms with Gasteiger partial charge in [0.2, 0.25) is 5.89 Å². The lowest BCUT2D eigenvalue weighted by Gasteiger charge is -2.29. The van der Waals surface area contributed by atoms with Gasteiger partial charge < -0.3 is 22.0 Å². The van der Waals surface area contributed by atoms with E-state index in [0.717, 1.165) is 8.96 Å². The highest BCUT2D eigenvalue weighted by atomic mass is 19.2. The van der Waals surface area contributed by atoms with E-state index >= 15 is 0 Å². The maximum absolute atomic E-state index is 14.4. The molecule has 0 saturated heterocycles. The number of nitrogens with zero attached hydrogens (tertiary/aromatic N) is 3. The summed E-state index contributed by atoms with van der Waals surface area (Å²) in [5.74, 6) is 0.339. The van der Waals surface area contributed by atoms with Gasteiger partial charge in [0.15, 0.2) is 5.70 Å². The maximum Gasteiger partial charge on any atom is 0.737 e. The Kier molecular flexibility index (Phi) is 1.83. The Hall–Kier alpha value is -2.44. The average molecular weight is 259 g/mol. The normalized spacial score (nSPS) is 19.4. The molecule has 0 spiro atoms. The molecular formula is C12H8BF2N3O. The van der Waals surface area contributed by atoms with E-state index in [4.69, 9.17) is 4.42 Å². The maximum atomic E-state index is 14.4. The van der Waals surface area contributed by atoms with E-state index in [1.54, 1.807) is 24.3 Å². The lowest BCUT2D eigenvalue weighted by molar-refractivity contribution is -0.356. The van der Waals surface area contributed by atoms with Gasteiger partial charge in [0.25, 0.3) is 0 Å². The molecule has 0 amide bonds. The zero-order chi connectivity index (χ0) is 13.0. The van der Waals surface area contributed by atoms with E-state index in [-0.39, 0.29) is 0 Å². The van der Waals surface area contributed by atoms with Gasteiger partial charge in [-0.15, -0.1) is 0 Å². The number of hydrogen-bond donors (Lipinski definition) is 0. The van der Waals surface area contributed by atoms with Crippen molar-refractivity contribution >= 4 is 18.8 Å². The van der Waals surface area contributed by atoms with Crippen molar-refractivity contribution in [2.75, 3.05) is 0 Å². The summed E-state index contributed by atoms with van der Waals surface area (Å²) in [6.07, 6.45) is 8.93. The van der Waals surface area contributed by atoms with Crippen LogP contribution < -0.4 is 0 Å². The van der Waals surface area contributed by atoms with Crippen LogP contribution in [0.5, 0.6) is 0 Å². The summed E-state index contributed by atoms with van der Waals surface area (Å²) in [6, 6.07) is 3.24. The van der Waals surface area contributed by atoms with Gasteiger partial charge in [-0.05, 0) is 18.3 Å². The van der Waals surface area contributed by atoms with Crippen LogP contribution in [-0.4, -0.2) is 27.1 Å². The van der Waals surface area contributed by atoms with E-state index in [1.807, 2.05) is 0 Å². The number of allylic oxidation sites excluding steroid dienone is 2. The average Bonchev–Trinajstić information content (AvgIpc) is 3.11. The molecule has 19 heavy (non-hydrogen) atoms. The van der Waals surface area contributed by atoms with Crippen molar-refractivity contribution in [1.82, 2.24) is 9.46 Å². The molecule has 4 nitrogen and oxygen atoms in total. The smallest absolute Gasteiger partial charge is 0.444 e. The molecule has 2 aromatic heterocycles. The molecular weight excluding hydrogens is 251 g/mol. The van der Waals surface area contributed by atoms with E-state index in [0.29, 0.717) is 22.9 Å². The van der Waals surface area contributed by atoms with Crippen molar-refractivity contribution in [3.05, 3.63) is 60.2 Å². The number of aromatic nitrogens is 2. The Balaban J connectivity index is 2.09. The summed E-state index contributed by atoms with van der Waals surface area (Å²) in [4.78, 5) is 4.08. The summed E-state index contributed by atoms with van der Waals surface area (Å²) >= 11 is 0. The predicted octanol–water partition coefficient (Wildman–Crippen LogP) is 2.12. The lowest BCUT2D eigenvalue weighted by Crippen LogP contribution is -2.49. The predicted molar refractivity (Wildman–Crippen MR) is 65.8 cm³/mol. The number of halogens is 2. The standard InChI is InChI=1S/C12H8BF2N3O/c14-13(15)17-6-1-3-9(17)11(12-16-5-8-19-12)10-4-2-7-18(10)13/h1-8H. The molecule has 0 radical (unpaired) electrons. The molecule has 0 aliphatic carbocycles. The zero-order valence-electron chi connectivity index (χ0n) is 9.70. The van der Waals surface area contributed by atoms with Crippen molar-refractivity contribution in [2.45, 2.75) is 0 Å². The summed E-state index contributed by atoms with van der Waals surface area (Å²) in [7, 11) is 0. The molecule has 0 bridgehead atoms. The van der Waals surface area contributed by atoms with E-state index in [9.17, 15) is 8.63 Å². The molecule has 0 atom stereocenters. The van der Waals surface area contributed by atoms with Crippen molar-refractivity contribution < 1.29 is 17.5 Å². The molecule has 2 aliphatic heterocycles. The van der Waals surface area contributed by atoms with Crippen molar-refractivity contribution in [3.63, 3.8) is 0 Å². The van der Waals surface area contributed by atoms with E-state index in [2.05, 4.69) is 4.98 Å². The van der Waals surface area contributed by atoms with Gasteiger partial charge in [-0.2, -0.15) is 0 Å². The Morgan fingerprint density at radius 3 is 3.05 bits per heavy atom. The first-order chi connectivity index (χ1) is 9.19. The molecule has 0 unspecified atom stereocenters. The van der Waals surface area contributed by atoms with Crippen LogP contribution in [0.15, 0.2) is 53.1 Å². The second kappa shape index (κ2) is 3.31. The molecule has 2 aliphatic rings. The minimum absolute atomic E-state index is 0.339. The Labute approximate surface area is 107 Å². The van der Waals surface area contributed by atoms with Crippen LogP contribution in [0.3, 0.4) is 0 Å². The van der Waals surface area contributed by atoms with E-state index in [1.165, 1.54) is 24.9 Å². The quantitative estimate of drug-likeness (QED) is 0.735. The molecule has 0 N–H and O–H groups in total. The van der Waals surface area contributed by atoms with Crippen molar-refractivity contribution in [3.8, 4) is 0 Å². The molecule has 4 heterocycles. The number of oxazole rings is 1. The molecule has 0 fully saturated rings. The lowest BCUT2D eigenvalue weighted by atomic mass is 9.89. The van der Waals surface area contributed by atoms with Crippen LogP contribution >= 0.6 is 0 Å². The molecule has 0 saturated carbocycles. The summed E-state index contributed by atoms with van der Waals surface area (Å²) < 4.78 is 36.0. The molecule has 4 rings (SSSR count). The second-order valence-electron chi connectivity index (χ2n) is 4.40. The zero-order valence-corrected chi connectivity index (χ0v) is 9.70. The van der Waals surface area contributed by atoms with Crippen LogP contribution in [0.4, 0.5) is 8.63 Å². The third-order valence-corrected chi connectivity index (χ3v) is 3.39. The largest absolute Gasteiger partial charge is 0.737 e. The summed E-state index contributed by atoms with van der Waals surface area (Å²) in [5, 5.41) is 0. The van der Waals surface area contributed by atoms with Gasteiger partial charge in [-0.25, -0.2) is 4.98 Å². The van der Waals surface area contributed by atoms with Crippen LogP contribution in [0.2, 0.25) is 0 Å². The summed E-state index contributed by atoms with van der Waals surface area (Å²) in [6.45, 7) is -3.85. The van der Waals surface area contributed by atoms with Gasteiger partial charge in [0.05, 0.1) is 6.20 Å². The topological polar surface area (TPSA) is 34.0 Å². The van der Waals surface area contributed by atoms with Gasteiger partial charge in [0.1, 0.15) is 18.1 Å². The third kappa shape index (κ3) is 1.21. The third-order valence-electron chi connectivity index (χ3n) is 3.39. The first-order valence-electron chi connectivity index (χ1n) is 5.83. The molecule has 7 heteroatoms. The fourth-order valence-electron chi connectivity index (χ4n) is 2.58.